The minimum absolute atomic E-state index is 0.0519. The van der Waals surface area contributed by atoms with Crippen molar-refractivity contribution in [3.05, 3.63) is 0 Å². The van der Waals surface area contributed by atoms with Crippen LogP contribution in [0.15, 0.2) is 0 Å². The van der Waals surface area contributed by atoms with E-state index in [1.807, 2.05) is 20.8 Å². The first-order chi connectivity index (χ1) is 7.43. The summed E-state index contributed by atoms with van der Waals surface area (Å²) in [7, 11) is 0. The van der Waals surface area contributed by atoms with Crippen LogP contribution in [0.2, 0.25) is 0 Å². The molecule has 1 amide bonds. The standard InChI is InChI=1S/C11H22N2O3/c1-4-6-8(11(15)16)13-10(14)9(12)7(3)5-2/h7-9H,4-6,12H2,1-3H3,(H,13,14)(H,15,16)/t7?,8?,9-/m0/s1. The van der Waals surface area contributed by atoms with Crippen molar-refractivity contribution in [2.45, 2.75) is 52.1 Å². The average molecular weight is 230 g/mol. The Morgan fingerprint density at radius 2 is 1.94 bits per heavy atom. The summed E-state index contributed by atoms with van der Waals surface area (Å²) in [6.45, 7) is 5.69. The number of rotatable bonds is 7. The molecule has 0 fully saturated rings. The van der Waals surface area contributed by atoms with Crippen LogP contribution in [-0.2, 0) is 9.59 Å². The fourth-order valence-electron chi connectivity index (χ4n) is 1.33. The van der Waals surface area contributed by atoms with Gasteiger partial charge in [0, 0.05) is 0 Å². The van der Waals surface area contributed by atoms with Crippen LogP contribution in [0, 0.1) is 5.92 Å². The summed E-state index contributed by atoms with van der Waals surface area (Å²) in [5.74, 6) is -1.34. The number of carbonyl (C=O) groups is 2. The molecule has 4 N–H and O–H groups in total. The maximum atomic E-state index is 11.6. The van der Waals surface area contributed by atoms with E-state index in [0.717, 1.165) is 6.42 Å². The molecule has 16 heavy (non-hydrogen) atoms. The molecule has 5 heteroatoms. The molecule has 0 radical (unpaired) electrons. The average Bonchev–Trinajstić information content (AvgIpc) is 2.25. The van der Waals surface area contributed by atoms with E-state index in [2.05, 4.69) is 5.32 Å². The minimum Gasteiger partial charge on any atom is -0.480 e. The third-order valence-corrected chi connectivity index (χ3v) is 2.75. The molecular weight excluding hydrogens is 208 g/mol. The Balaban J connectivity index is 4.34. The lowest BCUT2D eigenvalue weighted by Gasteiger charge is -2.20. The van der Waals surface area contributed by atoms with Gasteiger partial charge in [0.05, 0.1) is 6.04 Å². The number of amides is 1. The molecule has 0 saturated heterocycles. The number of aliphatic carboxylic acids is 1. The minimum atomic E-state index is -1.01. The van der Waals surface area contributed by atoms with Crippen LogP contribution in [0.25, 0.3) is 0 Å². The van der Waals surface area contributed by atoms with Crippen LogP contribution < -0.4 is 11.1 Å². The molecule has 0 aromatic rings. The second-order valence-corrected chi connectivity index (χ2v) is 4.10. The topological polar surface area (TPSA) is 92.4 Å². The lowest BCUT2D eigenvalue weighted by atomic mass is 9.99. The molecule has 0 bridgehead atoms. The second kappa shape index (κ2) is 7.22. The van der Waals surface area contributed by atoms with E-state index in [1.165, 1.54) is 0 Å². The summed E-state index contributed by atoms with van der Waals surface area (Å²) in [6, 6.07) is -1.46. The van der Waals surface area contributed by atoms with Crippen molar-refractivity contribution in [1.82, 2.24) is 5.32 Å². The fraction of sp³-hybridized carbons (Fsp3) is 0.818. The van der Waals surface area contributed by atoms with E-state index in [0.29, 0.717) is 12.8 Å². The second-order valence-electron chi connectivity index (χ2n) is 4.10. The van der Waals surface area contributed by atoms with Gasteiger partial charge in [0.15, 0.2) is 0 Å². The summed E-state index contributed by atoms with van der Waals surface area (Å²) in [4.78, 5) is 22.5. The van der Waals surface area contributed by atoms with Crippen molar-refractivity contribution in [3.8, 4) is 0 Å². The molecule has 0 aliphatic rings. The van der Waals surface area contributed by atoms with Gasteiger partial charge in [-0.3, -0.25) is 4.79 Å². The smallest absolute Gasteiger partial charge is 0.326 e. The van der Waals surface area contributed by atoms with E-state index in [-0.39, 0.29) is 11.8 Å². The number of nitrogens with one attached hydrogen (secondary N) is 1. The van der Waals surface area contributed by atoms with Crippen LogP contribution in [-0.4, -0.2) is 29.1 Å². The van der Waals surface area contributed by atoms with Gasteiger partial charge in [-0.1, -0.05) is 33.6 Å². The van der Waals surface area contributed by atoms with Crippen molar-refractivity contribution in [1.29, 1.82) is 0 Å². The molecule has 94 valence electrons. The quantitative estimate of drug-likeness (QED) is 0.601. The van der Waals surface area contributed by atoms with E-state index in [4.69, 9.17) is 10.8 Å². The Bertz CT molecular complexity index is 243. The molecule has 2 unspecified atom stereocenters. The molecule has 0 saturated carbocycles. The molecule has 0 aromatic heterocycles. The van der Waals surface area contributed by atoms with Crippen LogP contribution in [0.3, 0.4) is 0 Å². The first kappa shape index (κ1) is 14.9. The van der Waals surface area contributed by atoms with E-state index < -0.39 is 18.1 Å². The zero-order valence-electron chi connectivity index (χ0n) is 10.2. The van der Waals surface area contributed by atoms with Crippen molar-refractivity contribution >= 4 is 11.9 Å². The van der Waals surface area contributed by atoms with E-state index in [1.54, 1.807) is 0 Å². The lowest BCUT2D eigenvalue weighted by Crippen LogP contribution is -2.50. The van der Waals surface area contributed by atoms with Gasteiger partial charge < -0.3 is 16.2 Å². The molecule has 0 spiro atoms. The highest BCUT2D eigenvalue weighted by atomic mass is 16.4. The van der Waals surface area contributed by atoms with Gasteiger partial charge in [-0.25, -0.2) is 4.79 Å². The van der Waals surface area contributed by atoms with Crippen molar-refractivity contribution in [3.63, 3.8) is 0 Å². The summed E-state index contributed by atoms with van der Waals surface area (Å²) < 4.78 is 0. The van der Waals surface area contributed by atoms with Gasteiger partial charge in [0.1, 0.15) is 6.04 Å². The van der Waals surface area contributed by atoms with Crippen LogP contribution in [0.1, 0.15) is 40.0 Å². The number of nitrogens with two attached hydrogens (primary N) is 1. The summed E-state index contributed by atoms with van der Waals surface area (Å²) in [5.41, 5.74) is 5.71. The van der Waals surface area contributed by atoms with E-state index >= 15 is 0 Å². The normalized spacial score (nSPS) is 16.2. The van der Waals surface area contributed by atoms with Gasteiger partial charge in [0.2, 0.25) is 5.91 Å². The Morgan fingerprint density at radius 1 is 1.38 bits per heavy atom. The fourth-order valence-corrected chi connectivity index (χ4v) is 1.33. The van der Waals surface area contributed by atoms with Gasteiger partial charge >= 0.3 is 5.97 Å². The Labute approximate surface area is 96.4 Å². The molecule has 0 rings (SSSR count). The monoisotopic (exact) mass is 230 g/mol. The number of carbonyl (C=O) groups excluding carboxylic acids is 1. The van der Waals surface area contributed by atoms with Gasteiger partial charge in [-0.05, 0) is 12.3 Å². The van der Waals surface area contributed by atoms with Gasteiger partial charge in [-0.15, -0.1) is 0 Å². The summed E-state index contributed by atoms with van der Waals surface area (Å²) in [5, 5.41) is 11.3. The van der Waals surface area contributed by atoms with Gasteiger partial charge in [-0.2, -0.15) is 0 Å². The Kier molecular flexibility index (Phi) is 6.72. The first-order valence-electron chi connectivity index (χ1n) is 5.72. The van der Waals surface area contributed by atoms with Crippen LogP contribution in [0.4, 0.5) is 0 Å². The Morgan fingerprint density at radius 3 is 2.31 bits per heavy atom. The number of hydrogen-bond donors (Lipinski definition) is 3. The molecule has 3 atom stereocenters. The van der Waals surface area contributed by atoms with Gasteiger partial charge in [0.25, 0.3) is 0 Å². The third kappa shape index (κ3) is 4.61. The molecule has 0 aliphatic heterocycles. The van der Waals surface area contributed by atoms with Crippen LogP contribution >= 0.6 is 0 Å². The maximum absolute atomic E-state index is 11.6. The largest absolute Gasteiger partial charge is 0.480 e. The number of carboxylic acid groups (broad SMARTS) is 1. The number of hydrogen-bond acceptors (Lipinski definition) is 3. The highest BCUT2D eigenvalue weighted by molar-refractivity contribution is 5.86. The summed E-state index contributed by atoms with van der Waals surface area (Å²) >= 11 is 0. The summed E-state index contributed by atoms with van der Waals surface area (Å²) in [6.07, 6.45) is 1.92. The zero-order valence-corrected chi connectivity index (χ0v) is 10.2. The predicted octanol–water partition coefficient (Wildman–Crippen LogP) is 0.729. The lowest BCUT2D eigenvalue weighted by molar-refractivity contribution is -0.142. The molecule has 5 nitrogen and oxygen atoms in total. The first-order valence-corrected chi connectivity index (χ1v) is 5.72. The molecule has 0 aromatic carbocycles. The SMILES string of the molecule is CCCC(NC(=O)[C@@H](N)C(C)CC)C(=O)O. The number of carboxylic acids is 1. The highest BCUT2D eigenvalue weighted by Crippen LogP contribution is 2.06. The maximum Gasteiger partial charge on any atom is 0.326 e. The Hall–Kier alpha value is -1.10. The predicted molar refractivity (Wildman–Crippen MR) is 61.9 cm³/mol. The van der Waals surface area contributed by atoms with E-state index in [9.17, 15) is 9.59 Å². The molecule has 0 aliphatic carbocycles. The highest BCUT2D eigenvalue weighted by Gasteiger charge is 2.24. The zero-order chi connectivity index (χ0) is 12.7. The molecule has 0 heterocycles. The van der Waals surface area contributed by atoms with Crippen molar-refractivity contribution < 1.29 is 14.7 Å². The van der Waals surface area contributed by atoms with Crippen molar-refractivity contribution in [2.24, 2.45) is 11.7 Å². The third-order valence-electron chi connectivity index (χ3n) is 2.75. The van der Waals surface area contributed by atoms with Crippen LogP contribution in [0.5, 0.6) is 0 Å². The van der Waals surface area contributed by atoms with Crippen molar-refractivity contribution in [2.75, 3.05) is 0 Å². The molecular formula is C11H22N2O3.